The number of nitrogens with zero attached hydrogens (tertiary/aromatic N) is 1. The Bertz CT molecular complexity index is 612. The summed E-state index contributed by atoms with van der Waals surface area (Å²) in [6.07, 6.45) is 2.02. The fraction of sp³-hybridized carbons (Fsp3) is 0.312. The van der Waals surface area contributed by atoms with Crippen molar-refractivity contribution in [2.24, 2.45) is 0 Å². The van der Waals surface area contributed by atoms with Gasteiger partial charge < -0.3 is 10.3 Å². The van der Waals surface area contributed by atoms with Crippen LogP contribution in [0, 0.1) is 6.92 Å². The molecule has 100 valence electrons. The lowest BCUT2D eigenvalue weighted by Crippen LogP contribution is -2.24. The Morgan fingerprint density at radius 1 is 1.11 bits per heavy atom. The monoisotopic (exact) mass is 256 g/mol. The molecule has 0 atom stereocenters. The van der Waals surface area contributed by atoms with Crippen LogP contribution >= 0.6 is 0 Å². The van der Waals surface area contributed by atoms with E-state index in [1.165, 1.54) is 5.56 Å². The summed E-state index contributed by atoms with van der Waals surface area (Å²) in [5, 5.41) is 0. The van der Waals surface area contributed by atoms with Gasteiger partial charge in [-0.25, -0.2) is 0 Å². The van der Waals surface area contributed by atoms with Crippen molar-refractivity contribution in [3.8, 4) is 11.3 Å². The first-order valence-corrected chi connectivity index (χ1v) is 6.70. The van der Waals surface area contributed by atoms with Crippen LogP contribution in [-0.4, -0.2) is 4.57 Å². The van der Waals surface area contributed by atoms with Gasteiger partial charge in [0.05, 0.1) is 11.4 Å². The van der Waals surface area contributed by atoms with Gasteiger partial charge in [0.15, 0.2) is 0 Å². The molecular weight excluding hydrogens is 236 g/mol. The van der Waals surface area contributed by atoms with Crippen LogP contribution in [0.2, 0.25) is 0 Å². The summed E-state index contributed by atoms with van der Waals surface area (Å²) in [6.45, 7) is 4.88. The minimum absolute atomic E-state index is 0.0912. The van der Waals surface area contributed by atoms with E-state index in [2.05, 4.69) is 26.0 Å². The van der Waals surface area contributed by atoms with E-state index in [9.17, 15) is 4.79 Å². The van der Waals surface area contributed by atoms with Crippen LogP contribution < -0.4 is 11.3 Å². The fourth-order valence-electron chi connectivity index (χ4n) is 2.11. The van der Waals surface area contributed by atoms with Crippen molar-refractivity contribution in [1.29, 1.82) is 0 Å². The van der Waals surface area contributed by atoms with Gasteiger partial charge in [0.25, 0.3) is 5.56 Å². The third-order valence-electron chi connectivity index (χ3n) is 3.29. The van der Waals surface area contributed by atoms with Crippen molar-refractivity contribution in [3.05, 3.63) is 52.3 Å². The molecule has 0 saturated carbocycles. The van der Waals surface area contributed by atoms with Gasteiger partial charge in [-0.3, -0.25) is 4.79 Å². The van der Waals surface area contributed by atoms with Gasteiger partial charge >= 0.3 is 0 Å². The second-order valence-electron chi connectivity index (χ2n) is 4.85. The summed E-state index contributed by atoms with van der Waals surface area (Å²) >= 11 is 0. The van der Waals surface area contributed by atoms with Crippen molar-refractivity contribution in [2.75, 3.05) is 5.73 Å². The number of rotatable bonds is 4. The van der Waals surface area contributed by atoms with Crippen LogP contribution in [0.4, 0.5) is 5.69 Å². The highest BCUT2D eigenvalue weighted by Gasteiger charge is 2.08. The highest BCUT2D eigenvalue weighted by molar-refractivity contribution is 5.61. The molecule has 0 unspecified atom stereocenters. The quantitative estimate of drug-likeness (QED) is 0.913. The molecule has 0 spiro atoms. The van der Waals surface area contributed by atoms with E-state index in [-0.39, 0.29) is 5.56 Å². The summed E-state index contributed by atoms with van der Waals surface area (Å²) in [5.41, 5.74) is 9.15. The minimum atomic E-state index is -0.0912. The van der Waals surface area contributed by atoms with Crippen molar-refractivity contribution in [3.63, 3.8) is 0 Å². The molecule has 3 heteroatoms. The lowest BCUT2D eigenvalue weighted by Gasteiger charge is -2.13. The molecule has 1 heterocycles. The third kappa shape index (κ3) is 2.87. The lowest BCUT2D eigenvalue weighted by atomic mass is 10.1. The molecule has 0 aliphatic heterocycles. The highest BCUT2D eigenvalue weighted by atomic mass is 16.1. The van der Waals surface area contributed by atoms with E-state index in [0.717, 1.165) is 24.1 Å². The van der Waals surface area contributed by atoms with Crippen molar-refractivity contribution in [2.45, 2.75) is 33.2 Å². The van der Waals surface area contributed by atoms with Crippen LogP contribution in [0.25, 0.3) is 11.3 Å². The molecule has 19 heavy (non-hydrogen) atoms. The first kappa shape index (κ1) is 13.4. The molecule has 0 fully saturated rings. The molecule has 0 radical (unpaired) electrons. The first-order chi connectivity index (χ1) is 9.13. The zero-order valence-corrected chi connectivity index (χ0v) is 11.5. The predicted octanol–water partition coefficient (Wildman–Crippen LogP) is 3.21. The maximum Gasteiger partial charge on any atom is 0.274 e. The molecule has 0 saturated heterocycles. The smallest absolute Gasteiger partial charge is 0.274 e. The summed E-state index contributed by atoms with van der Waals surface area (Å²) in [5.74, 6) is 0. The second kappa shape index (κ2) is 5.74. The molecule has 1 aromatic heterocycles. The van der Waals surface area contributed by atoms with E-state index < -0.39 is 0 Å². The molecule has 2 aromatic rings. The summed E-state index contributed by atoms with van der Waals surface area (Å²) in [6, 6.07) is 11.8. The Balaban J connectivity index is 2.52. The number of unbranched alkanes of at least 4 members (excludes halogenated alkanes) is 1. The molecule has 1 aromatic carbocycles. The van der Waals surface area contributed by atoms with Crippen LogP contribution in [0.15, 0.2) is 41.2 Å². The van der Waals surface area contributed by atoms with Gasteiger partial charge in [-0.15, -0.1) is 0 Å². The molecule has 2 N–H and O–H groups in total. The van der Waals surface area contributed by atoms with Crippen LogP contribution in [0.3, 0.4) is 0 Å². The first-order valence-electron chi connectivity index (χ1n) is 6.70. The van der Waals surface area contributed by atoms with Gasteiger partial charge in [-0.05, 0) is 31.0 Å². The van der Waals surface area contributed by atoms with E-state index in [1.54, 1.807) is 10.6 Å². The zero-order chi connectivity index (χ0) is 13.8. The Hall–Kier alpha value is -2.03. The number of benzene rings is 1. The Morgan fingerprint density at radius 2 is 1.79 bits per heavy atom. The van der Waals surface area contributed by atoms with Crippen LogP contribution in [0.1, 0.15) is 25.3 Å². The van der Waals surface area contributed by atoms with Gasteiger partial charge in [0, 0.05) is 6.54 Å². The van der Waals surface area contributed by atoms with Gasteiger partial charge in [0.1, 0.15) is 0 Å². The third-order valence-corrected chi connectivity index (χ3v) is 3.29. The number of aryl methyl sites for hydroxylation is 1. The number of aromatic nitrogens is 1. The van der Waals surface area contributed by atoms with Crippen LogP contribution in [-0.2, 0) is 6.54 Å². The molecule has 0 amide bonds. The maximum atomic E-state index is 12.2. The predicted molar refractivity (Wildman–Crippen MR) is 80.2 cm³/mol. The number of hydrogen-bond acceptors (Lipinski definition) is 2. The topological polar surface area (TPSA) is 48.0 Å². The second-order valence-corrected chi connectivity index (χ2v) is 4.85. The Morgan fingerprint density at radius 3 is 2.42 bits per heavy atom. The largest absolute Gasteiger partial charge is 0.394 e. The van der Waals surface area contributed by atoms with E-state index in [4.69, 9.17) is 5.73 Å². The lowest BCUT2D eigenvalue weighted by molar-refractivity contribution is 0.620. The van der Waals surface area contributed by atoms with Gasteiger partial charge in [-0.2, -0.15) is 0 Å². The molecule has 0 aliphatic rings. The number of anilines is 1. The Kier molecular flexibility index (Phi) is 4.05. The number of pyridine rings is 1. The average Bonchev–Trinajstić information content (AvgIpc) is 2.41. The summed E-state index contributed by atoms with van der Waals surface area (Å²) in [4.78, 5) is 12.2. The van der Waals surface area contributed by atoms with E-state index >= 15 is 0 Å². The maximum absolute atomic E-state index is 12.2. The molecule has 0 bridgehead atoms. The normalized spacial score (nSPS) is 10.6. The summed E-state index contributed by atoms with van der Waals surface area (Å²) in [7, 11) is 0. The number of hydrogen-bond donors (Lipinski definition) is 1. The Labute approximate surface area is 113 Å². The SMILES string of the molecule is CCCCn1c(-c2ccc(C)cc2)ccc(N)c1=O. The highest BCUT2D eigenvalue weighted by Crippen LogP contribution is 2.20. The van der Waals surface area contributed by atoms with Gasteiger partial charge in [-0.1, -0.05) is 43.2 Å². The van der Waals surface area contributed by atoms with Crippen LogP contribution in [0.5, 0.6) is 0 Å². The zero-order valence-electron chi connectivity index (χ0n) is 11.5. The number of nitrogens with two attached hydrogens (primary N) is 1. The fourth-order valence-corrected chi connectivity index (χ4v) is 2.11. The van der Waals surface area contributed by atoms with Crippen molar-refractivity contribution >= 4 is 5.69 Å². The molecular formula is C16H20N2O. The molecule has 2 rings (SSSR count). The average molecular weight is 256 g/mol. The van der Waals surface area contributed by atoms with Crippen molar-refractivity contribution in [1.82, 2.24) is 4.57 Å². The minimum Gasteiger partial charge on any atom is -0.394 e. The van der Waals surface area contributed by atoms with E-state index in [0.29, 0.717) is 12.2 Å². The van der Waals surface area contributed by atoms with E-state index in [1.807, 2.05) is 18.2 Å². The standard InChI is InChI=1S/C16H20N2O/c1-3-4-11-18-15(10-9-14(17)16(18)19)13-7-5-12(2)6-8-13/h5-10H,3-4,11,17H2,1-2H3. The number of nitrogen functional groups attached to an aromatic ring is 1. The summed E-state index contributed by atoms with van der Waals surface area (Å²) < 4.78 is 1.78. The van der Waals surface area contributed by atoms with Crippen molar-refractivity contribution < 1.29 is 0 Å². The molecule has 3 nitrogen and oxygen atoms in total. The molecule has 0 aliphatic carbocycles. The van der Waals surface area contributed by atoms with Gasteiger partial charge in [0.2, 0.25) is 0 Å².